The normalized spacial score (nSPS) is 21.9. The van der Waals surface area contributed by atoms with Crippen molar-refractivity contribution in [2.24, 2.45) is 0 Å². The number of rotatable bonds is 3. The Morgan fingerprint density at radius 3 is 3.13 bits per heavy atom. The number of carbonyl (C=O) groups is 1. The largest absolute Gasteiger partial charge is 0.299 e. The smallest absolute Gasteiger partial charge is 0.141 e. The summed E-state index contributed by atoms with van der Waals surface area (Å²) in [7, 11) is 0. The molecule has 15 heavy (non-hydrogen) atoms. The van der Waals surface area contributed by atoms with Gasteiger partial charge in [0.05, 0.1) is 5.92 Å². The molecule has 0 amide bonds. The molecule has 1 aliphatic rings. The van der Waals surface area contributed by atoms with Crippen LogP contribution in [-0.2, 0) is 11.3 Å². The third-order valence-electron chi connectivity index (χ3n) is 3.10. The predicted octanol–water partition coefficient (Wildman–Crippen LogP) is 2.52. The molecule has 1 saturated carbocycles. The molecule has 1 aromatic heterocycles. The molecule has 1 aliphatic carbocycles. The van der Waals surface area contributed by atoms with E-state index in [1.165, 1.54) is 6.42 Å². The second-order valence-electron chi connectivity index (χ2n) is 4.24. The maximum Gasteiger partial charge on any atom is 0.141 e. The van der Waals surface area contributed by atoms with Crippen LogP contribution in [0.2, 0.25) is 0 Å². The zero-order valence-electron chi connectivity index (χ0n) is 9.28. The van der Waals surface area contributed by atoms with Crippen molar-refractivity contribution in [2.75, 3.05) is 0 Å². The number of hydrogen-bond acceptors (Lipinski definition) is 2. The summed E-state index contributed by atoms with van der Waals surface area (Å²) in [6, 6.07) is 2.00. The fourth-order valence-electron chi connectivity index (χ4n) is 2.33. The van der Waals surface area contributed by atoms with Crippen molar-refractivity contribution in [3.63, 3.8) is 0 Å². The molecular formula is C12H18N2O. The van der Waals surface area contributed by atoms with E-state index < -0.39 is 0 Å². The molecule has 0 N–H and O–H groups in total. The summed E-state index contributed by atoms with van der Waals surface area (Å²) in [6.45, 7) is 3.06. The van der Waals surface area contributed by atoms with Crippen LogP contribution >= 0.6 is 0 Å². The van der Waals surface area contributed by atoms with Crippen LogP contribution < -0.4 is 0 Å². The molecule has 3 heteroatoms. The van der Waals surface area contributed by atoms with Crippen LogP contribution in [0.15, 0.2) is 12.3 Å². The number of Topliss-reactive ketones (excluding diaryl/α,β-unsaturated/α-hetero) is 1. The van der Waals surface area contributed by atoms with Gasteiger partial charge < -0.3 is 0 Å². The highest BCUT2D eigenvalue weighted by Crippen LogP contribution is 2.29. The highest BCUT2D eigenvalue weighted by Gasteiger charge is 2.26. The molecule has 3 nitrogen and oxygen atoms in total. The molecule has 0 radical (unpaired) electrons. The average Bonchev–Trinajstić information content (AvgIpc) is 2.67. The molecule has 1 heterocycles. The van der Waals surface area contributed by atoms with Gasteiger partial charge in [0.25, 0.3) is 0 Å². The first-order valence-electron chi connectivity index (χ1n) is 5.87. The van der Waals surface area contributed by atoms with Crippen LogP contribution in [-0.4, -0.2) is 15.6 Å². The number of aromatic nitrogens is 2. The molecule has 0 spiro atoms. The van der Waals surface area contributed by atoms with Gasteiger partial charge >= 0.3 is 0 Å². The Kier molecular flexibility index (Phi) is 3.19. The van der Waals surface area contributed by atoms with E-state index in [2.05, 4.69) is 12.0 Å². The second kappa shape index (κ2) is 4.60. The predicted molar refractivity (Wildman–Crippen MR) is 58.7 cm³/mol. The van der Waals surface area contributed by atoms with Crippen LogP contribution in [0, 0.1) is 0 Å². The molecule has 1 aromatic rings. The standard InChI is InChI=1S/C12H18N2O/c1-2-9-14-11(7-8-13-14)10-5-3-4-6-12(10)15/h7-8,10H,2-6,9H2,1H3. The van der Waals surface area contributed by atoms with Crippen LogP contribution in [0.3, 0.4) is 0 Å². The van der Waals surface area contributed by atoms with Gasteiger partial charge in [0.1, 0.15) is 5.78 Å². The third kappa shape index (κ3) is 2.11. The Balaban J connectivity index is 2.19. The number of ketones is 1. The molecule has 0 aromatic carbocycles. The lowest BCUT2D eigenvalue weighted by molar-refractivity contribution is -0.122. The summed E-state index contributed by atoms with van der Waals surface area (Å²) in [5, 5.41) is 4.28. The number of aryl methyl sites for hydroxylation is 1. The summed E-state index contributed by atoms with van der Waals surface area (Å²) in [5.74, 6) is 0.520. The lowest BCUT2D eigenvalue weighted by atomic mass is 9.85. The first-order chi connectivity index (χ1) is 7.33. The van der Waals surface area contributed by atoms with E-state index in [-0.39, 0.29) is 5.92 Å². The van der Waals surface area contributed by atoms with Gasteiger partial charge in [-0.1, -0.05) is 13.3 Å². The van der Waals surface area contributed by atoms with Gasteiger partial charge in [-0.15, -0.1) is 0 Å². The van der Waals surface area contributed by atoms with Crippen LogP contribution in [0.1, 0.15) is 50.6 Å². The minimum atomic E-state index is 0.118. The number of carbonyl (C=O) groups excluding carboxylic acids is 1. The molecule has 82 valence electrons. The van der Waals surface area contributed by atoms with Crippen molar-refractivity contribution >= 4 is 5.78 Å². The van der Waals surface area contributed by atoms with Gasteiger partial charge in [-0.2, -0.15) is 5.10 Å². The molecule has 1 fully saturated rings. The zero-order valence-corrected chi connectivity index (χ0v) is 9.28. The summed E-state index contributed by atoms with van der Waals surface area (Å²) in [6.07, 6.45) is 6.88. The summed E-state index contributed by atoms with van der Waals surface area (Å²) in [4.78, 5) is 11.8. The van der Waals surface area contributed by atoms with E-state index >= 15 is 0 Å². The minimum Gasteiger partial charge on any atom is -0.299 e. The van der Waals surface area contributed by atoms with E-state index in [1.54, 1.807) is 0 Å². The van der Waals surface area contributed by atoms with E-state index in [0.29, 0.717) is 5.78 Å². The molecular weight excluding hydrogens is 188 g/mol. The van der Waals surface area contributed by atoms with Crippen molar-refractivity contribution in [2.45, 2.75) is 51.5 Å². The first-order valence-corrected chi connectivity index (χ1v) is 5.87. The summed E-state index contributed by atoms with van der Waals surface area (Å²) >= 11 is 0. The fraction of sp³-hybridized carbons (Fsp3) is 0.667. The molecule has 0 aliphatic heterocycles. The Labute approximate surface area is 90.5 Å². The molecule has 0 bridgehead atoms. The lowest BCUT2D eigenvalue weighted by Gasteiger charge is -2.21. The SMILES string of the molecule is CCCn1nccc1C1CCCCC1=O. The Hall–Kier alpha value is -1.12. The van der Waals surface area contributed by atoms with E-state index in [0.717, 1.165) is 37.9 Å². The van der Waals surface area contributed by atoms with E-state index in [1.807, 2.05) is 16.9 Å². The van der Waals surface area contributed by atoms with Gasteiger partial charge in [0.2, 0.25) is 0 Å². The van der Waals surface area contributed by atoms with Gasteiger partial charge in [0, 0.05) is 24.9 Å². The van der Waals surface area contributed by atoms with Gasteiger partial charge in [-0.3, -0.25) is 9.48 Å². The zero-order chi connectivity index (χ0) is 10.7. The highest BCUT2D eigenvalue weighted by atomic mass is 16.1. The average molecular weight is 206 g/mol. The highest BCUT2D eigenvalue weighted by molar-refractivity contribution is 5.85. The lowest BCUT2D eigenvalue weighted by Crippen LogP contribution is -2.20. The minimum absolute atomic E-state index is 0.118. The topological polar surface area (TPSA) is 34.9 Å². The Morgan fingerprint density at radius 1 is 1.53 bits per heavy atom. The van der Waals surface area contributed by atoms with Gasteiger partial charge in [0.15, 0.2) is 0 Å². The van der Waals surface area contributed by atoms with Crippen molar-refractivity contribution in [3.05, 3.63) is 18.0 Å². The monoisotopic (exact) mass is 206 g/mol. The van der Waals surface area contributed by atoms with Crippen molar-refractivity contribution < 1.29 is 4.79 Å². The van der Waals surface area contributed by atoms with Crippen LogP contribution in [0.25, 0.3) is 0 Å². The third-order valence-corrected chi connectivity index (χ3v) is 3.10. The quantitative estimate of drug-likeness (QED) is 0.761. The van der Waals surface area contributed by atoms with Crippen LogP contribution in [0.4, 0.5) is 0 Å². The van der Waals surface area contributed by atoms with E-state index in [4.69, 9.17) is 0 Å². The maximum absolute atomic E-state index is 11.8. The summed E-state index contributed by atoms with van der Waals surface area (Å²) < 4.78 is 1.99. The summed E-state index contributed by atoms with van der Waals surface area (Å²) in [5.41, 5.74) is 1.13. The van der Waals surface area contributed by atoms with Gasteiger partial charge in [-0.25, -0.2) is 0 Å². The molecule has 1 unspecified atom stereocenters. The first kappa shape index (κ1) is 10.4. The molecule has 2 rings (SSSR count). The van der Waals surface area contributed by atoms with Crippen molar-refractivity contribution in [3.8, 4) is 0 Å². The maximum atomic E-state index is 11.8. The molecule has 1 atom stereocenters. The van der Waals surface area contributed by atoms with Gasteiger partial charge in [-0.05, 0) is 25.3 Å². The second-order valence-corrected chi connectivity index (χ2v) is 4.24. The van der Waals surface area contributed by atoms with Crippen LogP contribution in [0.5, 0.6) is 0 Å². The molecule has 0 saturated heterocycles. The Bertz CT molecular complexity index is 343. The van der Waals surface area contributed by atoms with E-state index in [9.17, 15) is 4.79 Å². The van der Waals surface area contributed by atoms with Crippen molar-refractivity contribution in [1.82, 2.24) is 9.78 Å². The Morgan fingerprint density at radius 2 is 2.40 bits per heavy atom. The number of nitrogens with zero attached hydrogens (tertiary/aromatic N) is 2. The number of hydrogen-bond donors (Lipinski definition) is 0. The van der Waals surface area contributed by atoms with Crippen molar-refractivity contribution in [1.29, 1.82) is 0 Å². The fourth-order valence-corrected chi connectivity index (χ4v) is 2.33.